The van der Waals surface area contributed by atoms with Crippen LogP contribution in [0, 0.1) is 5.82 Å². The number of nitrogens with zero attached hydrogens (tertiary/aromatic N) is 2. The molecule has 11 heteroatoms. The van der Waals surface area contributed by atoms with E-state index >= 15 is 0 Å². The van der Waals surface area contributed by atoms with E-state index in [-0.39, 0.29) is 40.5 Å². The zero-order chi connectivity index (χ0) is 30.2. The number of anilines is 1. The molecule has 0 saturated heterocycles. The van der Waals surface area contributed by atoms with E-state index in [0.29, 0.717) is 17.7 Å². The molecule has 0 fully saturated rings. The van der Waals surface area contributed by atoms with Crippen molar-refractivity contribution in [2.45, 2.75) is 57.1 Å². The van der Waals surface area contributed by atoms with Crippen LogP contribution in [0.15, 0.2) is 77.7 Å². The van der Waals surface area contributed by atoms with Gasteiger partial charge in [-0.2, -0.15) is 0 Å². The van der Waals surface area contributed by atoms with Gasteiger partial charge in [-0.3, -0.25) is 13.9 Å². The van der Waals surface area contributed by atoms with Crippen LogP contribution in [-0.4, -0.2) is 50.9 Å². The second kappa shape index (κ2) is 14.3. The van der Waals surface area contributed by atoms with Gasteiger partial charge in [-0.1, -0.05) is 55.8 Å². The maximum Gasteiger partial charge on any atom is 0.264 e. The van der Waals surface area contributed by atoms with Crippen molar-refractivity contribution in [3.05, 3.63) is 89.2 Å². The van der Waals surface area contributed by atoms with Gasteiger partial charge in [-0.15, -0.1) is 0 Å². The van der Waals surface area contributed by atoms with E-state index in [1.165, 1.54) is 66.6 Å². The van der Waals surface area contributed by atoms with Crippen molar-refractivity contribution < 1.29 is 27.1 Å². The van der Waals surface area contributed by atoms with Crippen molar-refractivity contribution in [1.29, 1.82) is 0 Å². The number of hydrogen-bond donors (Lipinski definition) is 1. The number of nitrogens with one attached hydrogen (secondary N) is 1. The number of carbonyl (C=O) groups excluding carboxylic acids is 2. The molecule has 2 amide bonds. The molecule has 3 aromatic rings. The van der Waals surface area contributed by atoms with Crippen molar-refractivity contribution in [2.75, 3.05) is 18.0 Å². The monoisotopic (exact) mass is 603 g/mol. The van der Waals surface area contributed by atoms with Crippen LogP contribution in [-0.2, 0) is 26.2 Å². The van der Waals surface area contributed by atoms with E-state index in [1.54, 1.807) is 25.1 Å². The highest BCUT2D eigenvalue weighted by atomic mass is 35.5. The summed E-state index contributed by atoms with van der Waals surface area (Å²) in [6.07, 6.45) is 0.963. The molecule has 1 N–H and O–H groups in total. The minimum atomic E-state index is -4.24. The Bertz CT molecular complexity index is 1440. The lowest BCUT2D eigenvalue weighted by molar-refractivity contribution is -0.140. The number of halogens is 2. The van der Waals surface area contributed by atoms with Gasteiger partial charge >= 0.3 is 0 Å². The molecule has 0 heterocycles. The number of sulfonamides is 1. The quantitative estimate of drug-likeness (QED) is 0.282. The molecular formula is C30H35ClFN3O5S. The molecular weight excluding hydrogens is 569 g/mol. The molecule has 0 aromatic heterocycles. The SMILES string of the molecule is CC[C@@H](C)NC(=O)[C@H](CC)N(Cc1ccc(F)cc1)C(=O)CN(c1ccc(OC)c(Cl)c1)S(=O)(=O)c1ccccc1. The zero-order valence-electron chi connectivity index (χ0n) is 23.5. The maximum absolute atomic E-state index is 14.1. The Kier molecular flexibility index (Phi) is 11.1. The molecule has 0 radical (unpaired) electrons. The van der Waals surface area contributed by atoms with E-state index in [0.717, 1.165) is 4.31 Å². The van der Waals surface area contributed by atoms with Crippen molar-refractivity contribution in [1.82, 2.24) is 10.2 Å². The predicted octanol–water partition coefficient (Wildman–Crippen LogP) is 5.41. The Labute approximate surface area is 246 Å². The number of benzene rings is 3. The van der Waals surface area contributed by atoms with Crippen LogP contribution in [0.4, 0.5) is 10.1 Å². The minimum Gasteiger partial charge on any atom is -0.495 e. The number of carbonyl (C=O) groups is 2. The summed E-state index contributed by atoms with van der Waals surface area (Å²) >= 11 is 6.34. The van der Waals surface area contributed by atoms with Crippen LogP contribution in [0.2, 0.25) is 5.02 Å². The predicted molar refractivity (Wildman–Crippen MR) is 158 cm³/mol. The van der Waals surface area contributed by atoms with E-state index in [1.807, 2.05) is 13.8 Å². The van der Waals surface area contributed by atoms with Crippen molar-refractivity contribution in [2.24, 2.45) is 0 Å². The topological polar surface area (TPSA) is 96.0 Å². The standard InChI is InChI=1S/C30H35ClFN3O5S/c1-5-21(3)33-30(37)27(6-2)34(19-22-12-14-23(32)15-13-22)29(36)20-35(24-16-17-28(40-4)26(31)18-24)41(38,39)25-10-8-7-9-11-25/h7-18,21,27H,5-6,19-20H2,1-4H3,(H,33,37)/t21-,27+/m1/s1. The van der Waals surface area contributed by atoms with Crippen LogP contribution in [0.25, 0.3) is 0 Å². The number of rotatable bonds is 13. The van der Waals surface area contributed by atoms with Crippen LogP contribution in [0.5, 0.6) is 5.75 Å². The lowest BCUT2D eigenvalue weighted by atomic mass is 10.1. The molecule has 0 aliphatic heterocycles. The first-order valence-electron chi connectivity index (χ1n) is 13.3. The summed E-state index contributed by atoms with van der Waals surface area (Å²) < 4.78 is 47.5. The van der Waals surface area contributed by atoms with Crippen molar-refractivity contribution >= 4 is 39.1 Å². The summed E-state index contributed by atoms with van der Waals surface area (Å²) in [5.41, 5.74) is 0.728. The highest BCUT2D eigenvalue weighted by Crippen LogP contribution is 2.32. The van der Waals surface area contributed by atoms with Gasteiger partial charge in [0.05, 0.1) is 22.7 Å². The molecule has 0 aliphatic rings. The number of amides is 2. The summed E-state index contributed by atoms with van der Waals surface area (Å²) in [5.74, 6) is -1.08. The molecule has 0 unspecified atom stereocenters. The number of ether oxygens (including phenoxy) is 1. The van der Waals surface area contributed by atoms with E-state index in [9.17, 15) is 22.4 Å². The summed E-state index contributed by atoms with van der Waals surface area (Å²) in [6, 6.07) is 16.7. The molecule has 0 bridgehead atoms. The molecule has 3 aromatic carbocycles. The van der Waals surface area contributed by atoms with Crippen molar-refractivity contribution in [3.63, 3.8) is 0 Å². The fourth-order valence-corrected chi connectivity index (χ4v) is 5.88. The number of hydrogen-bond acceptors (Lipinski definition) is 5. The molecule has 220 valence electrons. The second-order valence-corrected chi connectivity index (χ2v) is 11.8. The fraction of sp³-hybridized carbons (Fsp3) is 0.333. The zero-order valence-corrected chi connectivity index (χ0v) is 25.1. The lowest BCUT2D eigenvalue weighted by Gasteiger charge is -2.33. The second-order valence-electron chi connectivity index (χ2n) is 9.53. The molecule has 0 aliphatic carbocycles. The average molecular weight is 604 g/mol. The average Bonchev–Trinajstić information content (AvgIpc) is 2.96. The third-order valence-electron chi connectivity index (χ3n) is 6.69. The van der Waals surface area contributed by atoms with Gasteiger partial charge < -0.3 is 15.0 Å². The Morgan fingerprint density at radius 2 is 1.66 bits per heavy atom. The van der Waals surface area contributed by atoms with Gasteiger partial charge in [0.15, 0.2) is 0 Å². The van der Waals surface area contributed by atoms with Gasteiger partial charge in [-0.25, -0.2) is 12.8 Å². The molecule has 3 rings (SSSR count). The Morgan fingerprint density at radius 1 is 1.00 bits per heavy atom. The van der Waals surface area contributed by atoms with E-state index < -0.39 is 34.3 Å². The molecule has 2 atom stereocenters. The van der Waals surface area contributed by atoms with Gasteiger partial charge in [0.25, 0.3) is 10.0 Å². The summed E-state index contributed by atoms with van der Waals surface area (Å²) in [4.78, 5) is 28.7. The van der Waals surface area contributed by atoms with Crippen LogP contribution >= 0.6 is 11.6 Å². The van der Waals surface area contributed by atoms with E-state index in [4.69, 9.17) is 16.3 Å². The molecule has 0 saturated carbocycles. The third kappa shape index (κ3) is 7.98. The van der Waals surface area contributed by atoms with Gasteiger partial charge in [-0.05, 0) is 67.8 Å². The molecule has 0 spiro atoms. The van der Waals surface area contributed by atoms with Gasteiger partial charge in [0, 0.05) is 12.6 Å². The smallest absolute Gasteiger partial charge is 0.264 e. The Hall–Kier alpha value is -3.63. The number of methoxy groups -OCH3 is 1. The summed E-state index contributed by atoms with van der Waals surface area (Å²) in [5, 5.41) is 3.08. The van der Waals surface area contributed by atoms with E-state index in [2.05, 4.69) is 5.32 Å². The third-order valence-corrected chi connectivity index (χ3v) is 8.77. The summed E-state index contributed by atoms with van der Waals surface area (Å²) in [7, 11) is -2.80. The first kappa shape index (κ1) is 31.9. The van der Waals surface area contributed by atoms with Crippen LogP contribution in [0.3, 0.4) is 0 Å². The summed E-state index contributed by atoms with van der Waals surface area (Å²) in [6.45, 7) is 4.91. The maximum atomic E-state index is 14.1. The largest absolute Gasteiger partial charge is 0.495 e. The molecule has 41 heavy (non-hydrogen) atoms. The van der Waals surface area contributed by atoms with Gasteiger partial charge in [0.1, 0.15) is 24.2 Å². The first-order chi connectivity index (χ1) is 19.5. The fourth-order valence-electron chi connectivity index (χ4n) is 4.21. The Morgan fingerprint density at radius 3 is 2.22 bits per heavy atom. The van der Waals surface area contributed by atoms with Crippen LogP contribution in [0.1, 0.15) is 39.2 Å². The van der Waals surface area contributed by atoms with Crippen molar-refractivity contribution in [3.8, 4) is 5.75 Å². The highest BCUT2D eigenvalue weighted by Gasteiger charge is 2.34. The first-order valence-corrected chi connectivity index (χ1v) is 15.1. The van der Waals surface area contributed by atoms with Gasteiger partial charge in [0.2, 0.25) is 11.8 Å². The molecule has 8 nitrogen and oxygen atoms in total. The van der Waals surface area contributed by atoms with Crippen LogP contribution < -0.4 is 14.4 Å². The minimum absolute atomic E-state index is 0.0219. The lowest BCUT2D eigenvalue weighted by Crippen LogP contribution is -2.53. The highest BCUT2D eigenvalue weighted by molar-refractivity contribution is 7.92. The normalized spacial score (nSPS) is 12.7. The Balaban J connectivity index is 2.08.